The van der Waals surface area contributed by atoms with Crippen molar-refractivity contribution in [3.05, 3.63) is 47.5 Å². The normalized spacial score (nSPS) is 12.6. The van der Waals surface area contributed by atoms with Crippen LogP contribution in [0.2, 0.25) is 0 Å². The zero-order valence-corrected chi connectivity index (χ0v) is 7.54. The highest BCUT2D eigenvalue weighted by molar-refractivity contribution is 5.33. The Kier molecular flexibility index (Phi) is 2.66. The number of hydrogen-bond donors (Lipinski definition) is 1. The zero-order chi connectivity index (χ0) is 9.14. The van der Waals surface area contributed by atoms with Gasteiger partial charge in [-0.3, -0.25) is 0 Å². The fraction of sp³-hybridized carbons (Fsp3) is 0.273. The van der Waals surface area contributed by atoms with E-state index >= 15 is 0 Å². The third kappa shape index (κ3) is 1.74. The lowest BCUT2D eigenvalue weighted by molar-refractivity contribution is 0.228. The number of aryl methyl sites for hydroxylation is 2. The van der Waals surface area contributed by atoms with E-state index in [1.54, 1.807) is 0 Å². The molecule has 12 heavy (non-hydrogen) atoms. The summed E-state index contributed by atoms with van der Waals surface area (Å²) in [6.07, 6.45) is 1.00. The van der Waals surface area contributed by atoms with Crippen LogP contribution < -0.4 is 0 Å². The Balaban J connectivity index is 3.09. The van der Waals surface area contributed by atoms with Crippen molar-refractivity contribution >= 4 is 0 Å². The summed E-state index contributed by atoms with van der Waals surface area (Å²) in [4.78, 5) is 0. The van der Waals surface area contributed by atoms with E-state index in [-0.39, 0.29) is 0 Å². The summed E-state index contributed by atoms with van der Waals surface area (Å²) in [5.74, 6) is 0. The number of aliphatic hydroxyl groups is 1. The Morgan fingerprint density at radius 2 is 2.08 bits per heavy atom. The molecule has 0 saturated heterocycles. The predicted molar refractivity (Wildman–Crippen MR) is 51.1 cm³/mol. The first-order chi connectivity index (χ1) is 5.65. The molecule has 0 unspecified atom stereocenters. The lowest BCUT2D eigenvalue weighted by Gasteiger charge is -2.09. The van der Waals surface area contributed by atoms with Gasteiger partial charge in [0.05, 0.1) is 6.10 Å². The minimum Gasteiger partial charge on any atom is -0.384 e. The third-order valence-corrected chi connectivity index (χ3v) is 1.97. The first-order valence-electron chi connectivity index (χ1n) is 4.03. The second kappa shape index (κ2) is 3.55. The quantitative estimate of drug-likeness (QED) is 0.662. The molecule has 64 valence electrons. The Morgan fingerprint density at radius 3 is 2.58 bits per heavy atom. The smallest absolute Gasteiger partial charge is 0.0971 e. The first-order valence-corrected chi connectivity index (χ1v) is 4.03. The van der Waals surface area contributed by atoms with Crippen LogP contribution in [0.15, 0.2) is 30.9 Å². The van der Waals surface area contributed by atoms with E-state index in [1.165, 1.54) is 11.6 Å². The van der Waals surface area contributed by atoms with Gasteiger partial charge in [0.2, 0.25) is 0 Å². The number of hydrogen-bond acceptors (Lipinski definition) is 1. The monoisotopic (exact) mass is 162 g/mol. The molecule has 1 N–H and O–H groups in total. The highest BCUT2D eigenvalue weighted by atomic mass is 16.3. The van der Waals surface area contributed by atoms with E-state index in [4.69, 9.17) is 0 Å². The highest BCUT2D eigenvalue weighted by Crippen LogP contribution is 2.18. The van der Waals surface area contributed by atoms with E-state index in [0.717, 1.165) is 11.1 Å². The summed E-state index contributed by atoms with van der Waals surface area (Å²) in [6, 6.07) is 5.99. The summed E-state index contributed by atoms with van der Waals surface area (Å²) in [7, 11) is 0. The fourth-order valence-electron chi connectivity index (χ4n) is 1.28. The van der Waals surface area contributed by atoms with Gasteiger partial charge in [0.1, 0.15) is 0 Å². The maximum atomic E-state index is 9.48. The van der Waals surface area contributed by atoms with Crippen molar-refractivity contribution in [3.63, 3.8) is 0 Å². The van der Waals surface area contributed by atoms with Crippen LogP contribution in [0.25, 0.3) is 0 Å². The molecule has 0 saturated carbocycles. The molecule has 1 rings (SSSR count). The van der Waals surface area contributed by atoms with Crippen LogP contribution in [-0.4, -0.2) is 5.11 Å². The molecule has 0 fully saturated rings. The number of rotatable bonds is 2. The zero-order valence-electron chi connectivity index (χ0n) is 7.54. The molecule has 0 aliphatic carbocycles. The molecule has 0 heterocycles. The summed E-state index contributed by atoms with van der Waals surface area (Å²) < 4.78 is 0. The third-order valence-electron chi connectivity index (χ3n) is 1.97. The maximum absolute atomic E-state index is 9.48. The van der Waals surface area contributed by atoms with Crippen LogP contribution >= 0.6 is 0 Å². The van der Waals surface area contributed by atoms with Crippen LogP contribution in [-0.2, 0) is 0 Å². The predicted octanol–water partition coefficient (Wildman–Crippen LogP) is 2.52. The molecular formula is C11H14O. The van der Waals surface area contributed by atoms with Gasteiger partial charge in [-0.15, -0.1) is 6.58 Å². The Hall–Kier alpha value is -1.08. The topological polar surface area (TPSA) is 20.2 Å². The van der Waals surface area contributed by atoms with Crippen molar-refractivity contribution in [2.75, 3.05) is 0 Å². The summed E-state index contributed by atoms with van der Waals surface area (Å²) in [5, 5.41) is 9.48. The molecule has 1 heteroatoms. The van der Waals surface area contributed by atoms with E-state index in [0.29, 0.717) is 0 Å². The summed E-state index contributed by atoms with van der Waals surface area (Å²) in [5.41, 5.74) is 3.27. The molecular weight excluding hydrogens is 148 g/mol. The average Bonchev–Trinajstić information content (AvgIpc) is 2.03. The van der Waals surface area contributed by atoms with E-state index in [9.17, 15) is 5.11 Å². The number of aliphatic hydroxyl groups excluding tert-OH is 1. The molecule has 0 spiro atoms. The lowest BCUT2D eigenvalue weighted by atomic mass is 10.0. The van der Waals surface area contributed by atoms with Crippen molar-refractivity contribution < 1.29 is 5.11 Å². The minimum atomic E-state index is -0.536. The second-order valence-corrected chi connectivity index (χ2v) is 3.04. The molecule has 0 aliphatic heterocycles. The average molecular weight is 162 g/mol. The molecule has 0 aromatic heterocycles. The Bertz CT molecular complexity index is 289. The van der Waals surface area contributed by atoms with E-state index in [1.807, 2.05) is 26.0 Å². The first kappa shape index (κ1) is 9.01. The maximum Gasteiger partial charge on any atom is 0.0971 e. The van der Waals surface area contributed by atoms with Gasteiger partial charge < -0.3 is 5.11 Å². The summed E-state index contributed by atoms with van der Waals surface area (Å²) in [6.45, 7) is 7.58. The van der Waals surface area contributed by atoms with Crippen molar-refractivity contribution in [2.24, 2.45) is 0 Å². The lowest BCUT2D eigenvalue weighted by Crippen LogP contribution is -1.95. The fourth-order valence-corrected chi connectivity index (χ4v) is 1.28. The Labute approximate surface area is 73.4 Å². The highest BCUT2D eigenvalue weighted by Gasteiger charge is 2.04. The van der Waals surface area contributed by atoms with E-state index in [2.05, 4.69) is 12.6 Å². The van der Waals surface area contributed by atoms with Gasteiger partial charge in [-0.05, 0) is 25.0 Å². The second-order valence-electron chi connectivity index (χ2n) is 3.04. The van der Waals surface area contributed by atoms with Crippen LogP contribution in [0.1, 0.15) is 22.8 Å². The van der Waals surface area contributed by atoms with Gasteiger partial charge in [0.25, 0.3) is 0 Å². The van der Waals surface area contributed by atoms with Crippen molar-refractivity contribution in [1.29, 1.82) is 0 Å². The molecule has 1 aromatic rings. The molecule has 0 bridgehead atoms. The molecule has 0 amide bonds. The van der Waals surface area contributed by atoms with Crippen molar-refractivity contribution in [2.45, 2.75) is 20.0 Å². The van der Waals surface area contributed by atoms with Crippen LogP contribution in [0.5, 0.6) is 0 Å². The molecule has 1 atom stereocenters. The molecule has 0 aliphatic rings. The Morgan fingerprint density at radius 1 is 1.42 bits per heavy atom. The molecule has 0 radical (unpaired) electrons. The SMILES string of the molecule is C=C[C@H](O)c1ccc(C)cc1C. The van der Waals surface area contributed by atoms with E-state index < -0.39 is 6.10 Å². The summed E-state index contributed by atoms with van der Waals surface area (Å²) >= 11 is 0. The van der Waals surface area contributed by atoms with Crippen molar-refractivity contribution in [3.8, 4) is 0 Å². The van der Waals surface area contributed by atoms with Gasteiger partial charge in [-0.2, -0.15) is 0 Å². The minimum absolute atomic E-state index is 0.536. The molecule has 1 aromatic carbocycles. The van der Waals surface area contributed by atoms with Gasteiger partial charge in [0.15, 0.2) is 0 Å². The standard InChI is InChI=1S/C11H14O/c1-4-11(12)10-6-5-8(2)7-9(10)3/h4-7,11-12H,1H2,2-3H3/t11-/m0/s1. The van der Waals surface area contributed by atoms with Gasteiger partial charge in [-0.25, -0.2) is 0 Å². The van der Waals surface area contributed by atoms with Gasteiger partial charge in [0, 0.05) is 0 Å². The van der Waals surface area contributed by atoms with Gasteiger partial charge >= 0.3 is 0 Å². The van der Waals surface area contributed by atoms with Crippen LogP contribution in [0, 0.1) is 13.8 Å². The largest absolute Gasteiger partial charge is 0.384 e. The molecule has 1 nitrogen and oxygen atoms in total. The van der Waals surface area contributed by atoms with Crippen LogP contribution in [0.4, 0.5) is 0 Å². The van der Waals surface area contributed by atoms with Gasteiger partial charge in [-0.1, -0.05) is 29.8 Å². The van der Waals surface area contributed by atoms with Crippen molar-refractivity contribution in [1.82, 2.24) is 0 Å². The number of benzene rings is 1. The van der Waals surface area contributed by atoms with Crippen LogP contribution in [0.3, 0.4) is 0 Å².